The average molecular weight is 381 g/mol. The average Bonchev–Trinajstić information content (AvgIpc) is 3.13. The summed E-state index contributed by atoms with van der Waals surface area (Å²) in [4.78, 5) is 31.2. The highest BCUT2D eigenvalue weighted by molar-refractivity contribution is 7.10. The number of nitrogens with one attached hydrogen (secondary N) is 1. The Hall–Kier alpha value is -1.64. The van der Waals surface area contributed by atoms with Gasteiger partial charge < -0.3 is 24.8 Å². The lowest BCUT2D eigenvalue weighted by Crippen LogP contribution is -2.59. The molecule has 0 bridgehead atoms. The molecule has 0 aliphatic carbocycles. The molecule has 2 saturated heterocycles. The second-order valence-corrected chi connectivity index (χ2v) is 8.37. The Morgan fingerprint density at radius 3 is 2.73 bits per heavy atom. The van der Waals surface area contributed by atoms with Gasteiger partial charge in [-0.25, -0.2) is 4.79 Å². The molecule has 1 atom stereocenters. The molecule has 1 N–H and O–H groups in total. The van der Waals surface area contributed by atoms with Crippen molar-refractivity contribution < 1.29 is 14.3 Å². The summed E-state index contributed by atoms with van der Waals surface area (Å²) in [6, 6.07) is 4.29. The third-order valence-electron chi connectivity index (χ3n) is 5.36. The molecule has 3 heterocycles. The zero-order chi connectivity index (χ0) is 18.7. The van der Waals surface area contributed by atoms with E-state index in [0.717, 1.165) is 12.8 Å². The van der Waals surface area contributed by atoms with E-state index in [4.69, 9.17) is 4.74 Å². The highest BCUT2D eigenvalue weighted by Crippen LogP contribution is 2.30. The fourth-order valence-corrected chi connectivity index (χ4v) is 4.55. The molecule has 1 aromatic rings. The maximum absolute atomic E-state index is 12.6. The Kier molecular flexibility index (Phi) is 5.84. The predicted octanol–water partition coefficient (Wildman–Crippen LogP) is 1.38. The maximum Gasteiger partial charge on any atom is 0.317 e. The minimum Gasteiger partial charge on any atom is -0.363 e. The zero-order valence-electron chi connectivity index (χ0n) is 15.7. The molecule has 0 saturated carbocycles. The minimum absolute atomic E-state index is 0.0245. The Bertz CT molecular complexity index is 626. The van der Waals surface area contributed by atoms with Crippen molar-refractivity contribution in [1.29, 1.82) is 0 Å². The number of ether oxygens (including phenoxy) is 1. The number of piperidine rings is 1. The number of morpholine rings is 1. The van der Waals surface area contributed by atoms with Crippen molar-refractivity contribution >= 4 is 23.3 Å². The van der Waals surface area contributed by atoms with Gasteiger partial charge in [-0.2, -0.15) is 0 Å². The van der Waals surface area contributed by atoms with Gasteiger partial charge in [0.15, 0.2) is 0 Å². The summed E-state index contributed by atoms with van der Waals surface area (Å²) < 4.78 is 5.84. The summed E-state index contributed by atoms with van der Waals surface area (Å²) in [6.07, 6.45) is 1.53. The fourth-order valence-electron chi connectivity index (χ4n) is 3.63. The van der Waals surface area contributed by atoms with Gasteiger partial charge in [0.1, 0.15) is 6.61 Å². The summed E-state index contributed by atoms with van der Waals surface area (Å²) >= 11 is 1.71. The van der Waals surface area contributed by atoms with Gasteiger partial charge in [-0.05, 0) is 38.4 Å². The molecule has 8 heteroatoms. The van der Waals surface area contributed by atoms with E-state index in [1.165, 1.54) is 4.88 Å². The molecule has 2 aliphatic heterocycles. The van der Waals surface area contributed by atoms with Crippen LogP contribution in [0, 0.1) is 0 Å². The first-order valence-electron chi connectivity index (χ1n) is 9.01. The number of urea groups is 1. The summed E-state index contributed by atoms with van der Waals surface area (Å²) in [7, 11) is 5.87. The highest BCUT2D eigenvalue weighted by atomic mass is 32.1. The first-order valence-corrected chi connectivity index (χ1v) is 9.89. The number of hydrogen-bond acceptors (Lipinski definition) is 5. The summed E-state index contributed by atoms with van der Waals surface area (Å²) in [5, 5.41) is 5.14. The number of likely N-dealkylation sites (N-methyl/N-ethyl adjacent to an activating group) is 2. The van der Waals surface area contributed by atoms with Gasteiger partial charge in [0.05, 0.1) is 11.6 Å². The highest BCUT2D eigenvalue weighted by Gasteiger charge is 2.42. The van der Waals surface area contributed by atoms with Crippen molar-refractivity contribution in [2.24, 2.45) is 0 Å². The number of carbonyl (C=O) groups is 2. The molecule has 7 nitrogen and oxygen atoms in total. The van der Waals surface area contributed by atoms with Crippen LogP contribution in [0.15, 0.2) is 17.5 Å². The van der Waals surface area contributed by atoms with Crippen LogP contribution in [-0.2, 0) is 9.53 Å². The van der Waals surface area contributed by atoms with E-state index in [9.17, 15) is 9.59 Å². The second-order valence-electron chi connectivity index (χ2n) is 7.39. The molecule has 1 aromatic heterocycles. The third kappa shape index (κ3) is 4.19. The van der Waals surface area contributed by atoms with E-state index in [0.29, 0.717) is 26.2 Å². The quantitative estimate of drug-likeness (QED) is 0.857. The van der Waals surface area contributed by atoms with Crippen molar-refractivity contribution in [3.05, 3.63) is 22.4 Å². The first kappa shape index (κ1) is 19.1. The van der Waals surface area contributed by atoms with E-state index in [1.54, 1.807) is 16.2 Å². The normalized spacial score (nSPS) is 21.3. The van der Waals surface area contributed by atoms with Crippen LogP contribution in [0.4, 0.5) is 4.79 Å². The van der Waals surface area contributed by atoms with Crippen LogP contribution in [0.25, 0.3) is 0 Å². The van der Waals surface area contributed by atoms with Crippen LogP contribution in [0.5, 0.6) is 0 Å². The number of thiophene rings is 1. The molecule has 0 aromatic carbocycles. The fraction of sp³-hybridized carbons (Fsp3) is 0.667. The molecule has 2 fully saturated rings. The van der Waals surface area contributed by atoms with Crippen molar-refractivity contribution in [1.82, 2.24) is 20.0 Å². The van der Waals surface area contributed by atoms with Crippen LogP contribution in [0.2, 0.25) is 0 Å². The lowest BCUT2D eigenvalue weighted by molar-refractivity contribution is -0.167. The first-order chi connectivity index (χ1) is 12.4. The van der Waals surface area contributed by atoms with Gasteiger partial charge in [0.2, 0.25) is 5.91 Å². The SMILES string of the molecule is CN1CC2(CCN(C(=O)NC[C@@H](c3cccs3)N(C)C)CC2)OCC1=O. The molecule has 2 aliphatic rings. The second kappa shape index (κ2) is 7.94. The van der Waals surface area contributed by atoms with Gasteiger partial charge in [-0.3, -0.25) is 4.79 Å². The van der Waals surface area contributed by atoms with Crippen LogP contribution in [0.3, 0.4) is 0 Å². The van der Waals surface area contributed by atoms with Crippen molar-refractivity contribution in [3.8, 4) is 0 Å². The molecule has 0 unspecified atom stereocenters. The number of hydrogen-bond donors (Lipinski definition) is 1. The summed E-state index contributed by atoms with van der Waals surface area (Å²) in [6.45, 7) is 2.65. The van der Waals surface area contributed by atoms with Gasteiger partial charge in [-0.1, -0.05) is 6.07 Å². The monoisotopic (exact) mass is 380 g/mol. The van der Waals surface area contributed by atoms with Crippen molar-refractivity contribution in [2.45, 2.75) is 24.5 Å². The maximum atomic E-state index is 12.6. The van der Waals surface area contributed by atoms with Crippen molar-refractivity contribution in [3.63, 3.8) is 0 Å². The molecular formula is C18H28N4O3S. The number of rotatable bonds is 4. The molecule has 26 heavy (non-hydrogen) atoms. The van der Waals surface area contributed by atoms with Crippen LogP contribution in [-0.4, -0.2) is 86.2 Å². The minimum atomic E-state index is -0.289. The lowest BCUT2D eigenvalue weighted by Gasteiger charge is -2.46. The Labute approximate surface area is 158 Å². The number of nitrogens with zero attached hydrogens (tertiary/aromatic N) is 3. The van der Waals surface area contributed by atoms with E-state index in [-0.39, 0.29) is 30.2 Å². The van der Waals surface area contributed by atoms with Crippen LogP contribution >= 0.6 is 11.3 Å². The van der Waals surface area contributed by atoms with E-state index in [1.807, 2.05) is 32.1 Å². The lowest BCUT2D eigenvalue weighted by atomic mass is 9.89. The zero-order valence-corrected chi connectivity index (χ0v) is 16.6. The number of likely N-dealkylation sites (tertiary alicyclic amines) is 1. The third-order valence-corrected chi connectivity index (χ3v) is 6.33. The molecular weight excluding hydrogens is 352 g/mol. The molecule has 1 spiro atoms. The van der Waals surface area contributed by atoms with Gasteiger partial charge in [0, 0.05) is 38.1 Å². The van der Waals surface area contributed by atoms with Crippen LogP contribution < -0.4 is 5.32 Å². The molecule has 3 amide bonds. The summed E-state index contributed by atoms with van der Waals surface area (Å²) in [5.74, 6) is 0.0269. The number of amides is 3. The molecule has 144 valence electrons. The number of carbonyl (C=O) groups excluding carboxylic acids is 2. The summed E-state index contributed by atoms with van der Waals surface area (Å²) in [5.41, 5.74) is -0.289. The van der Waals surface area contributed by atoms with Crippen molar-refractivity contribution in [2.75, 3.05) is 53.9 Å². The predicted molar refractivity (Wildman–Crippen MR) is 101 cm³/mol. The Balaban J connectivity index is 1.50. The topological polar surface area (TPSA) is 65.1 Å². The van der Waals surface area contributed by atoms with E-state index >= 15 is 0 Å². The van der Waals surface area contributed by atoms with E-state index < -0.39 is 0 Å². The van der Waals surface area contributed by atoms with Gasteiger partial charge in [-0.15, -0.1) is 11.3 Å². The van der Waals surface area contributed by atoms with E-state index in [2.05, 4.69) is 21.7 Å². The van der Waals surface area contributed by atoms with Gasteiger partial charge >= 0.3 is 6.03 Å². The Morgan fingerprint density at radius 2 is 2.15 bits per heavy atom. The molecule has 0 radical (unpaired) electrons. The van der Waals surface area contributed by atoms with Crippen LogP contribution in [0.1, 0.15) is 23.8 Å². The molecule has 3 rings (SSSR count). The van der Waals surface area contributed by atoms with Gasteiger partial charge in [0.25, 0.3) is 0 Å². The largest absolute Gasteiger partial charge is 0.363 e. The smallest absolute Gasteiger partial charge is 0.317 e. The standard InChI is InChI=1S/C18H28N4O3S/c1-20(2)14(15-5-4-10-26-15)11-19-17(24)22-8-6-18(7-9-22)13-21(3)16(23)12-25-18/h4-5,10,14H,6-9,11-13H2,1-3H3,(H,19,24)/t14-/m0/s1. The Morgan fingerprint density at radius 1 is 1.42 bits per heavy atom.